The molecule has 0 fully saturated rings. The molecule has 3 N–H and O–H groups in total. The summed E-state index contributed by atoms with van der Waals surface area (Å²) in [5, 5.41) is 2.05. The van der Waals surface area contributed by atoms with Crippen molar-refractivity contribution in [3.8, 4) is 0 Å². The van der Waals surface area contributed by atoms with Gasteiger partial charge in [-0.2, -0.15) is 0 Å². The summed E-state index contributed by atoms with van der Waals surface area (Å²) in [5.74, 6) is -4.51. The Morgan fingerprint density at radius 2 is 1.88 bits per heavy atom. The predicted molar refractivity (Wildman–Crippen MR) is 57.8 cm³/mol. The molecule has 0 aromatic heterocycles. The number of hydrogen-bond acceptors (Lipinski definition) is 2. The molecule has 94 valence electrons. The first kappa shape index (κ1) is 13.5. The van der Waals surface area contributed by atoms with Gasteiger partial charge in [0.05, 0.1) is 11.7 Å². The third kappa shape index (κ3) is 3.20. The minimum Gasteiger partial charge on any atom is -0.322 e. The Labute approximate surface area is 96.8 Å². The van der Waals surface area contributed by atoms with E-state index in [1.165, 1.54) is 0 Å². The van der Waals surface area contributed by atoms with Crippen LogP contribution in [0.2, 0.25) is 0 Å². The molecule has 17 heavy (non-hydrogen) atoms. The van der Waals surface area contributed by atoms with Gasteiger partial charge >= 0.3 is 0 Å². The largest absolute Gasteiger partial charge is 0.322 e. The minimum absolute atomic E-state index is 0.170. The number of carbonyl (C=O) groups excluding carboxylic acids is 1. The van der Waals surface area contributed by atoms with Gasteiger partial charge in [-0.05, 0) is 5.92 Å². The summed E-state index contributed by atoms with van der Waals surface area (Å²) in [5.41, 5.74) is 4.96. The minimum atomic E-state index is -1.36. The van der Waals surface area contributed by atoms with Crippen molar-refractivity contribution in [3.63, 3.8) is 0 Å². The van der Waals surface area contributed by atoms with Gasteiger partial charge in [0.25, 0.3) is 0 Å². The average molecular weight is 246 g/mol. The summed E-state index contributed by atoms with van der Waals surface area (Å²) in [6, 6.07) is 0.220. The predicted octanol–water partition coefficient (Wildman–Crippen LogP) is 2.03. The molecule has 1 rings (SSSR count). The summed E-state index contributed by atoms with van der Waals surface area (Å²) in [6.07, 6.45) is 0. The van der Waals surface area contributed by atoms with Crippen LogP contribution in [0.3, 0.4) is 0 Å². The summed E-state index contributed by atoms with van der Waals surface area (Å²) in [4.78, 5) is 11.5. The zero-order valence-electron chi connectivity index (χ0n) is 9.43. The molecule has 0 aliphatic heterocycles. The molecule has 1 amide bonds. The summed E-state index contributed by atoms with van der Waals surface area (Å²) >= 11 is 0. The van der Waals surface area contributed by atoms with E-state index < -0.39 is 35.1 Å². The van der Waals surface area contributed by atoms with Crippen molar-refractivity contribution < 1.29 is 18.0 Å². The van der Waals surface area contributed by atoms with E-state index in [1.54, 1.807) is 13.8 Å². The maximum absolute atomic E-state index is 13.2. The van der Waals surface area contributed by atoms with Gasteiger partial charge in [-0.25, -0.2) is 13.2 Å². The summed E-state index contributed by atoms with van der Waals surface area (Å²) < 4.78 is 38.9. The highest BCUT2D eigenvalue weighted by Gasteiger charge is 2.20. The zero-order chi connectivity index (χ0) is 13.2. The molecule has 1 atom stereocenters. The van der Waals surface area contributed by atoms with Crippen LogP contribution in [-0.4, -0.2) is 11.9 Å². The van der Waals surface area contributed by atoms with Crippen LogP contribution in [0.25, 0.3) is 0 Å². The van der Waals surface area contributed by atoms with E-state index in [2.05, 4.69) is 5.32 Å². The number of rotatable bonds is 3. The highest BCUT2D eigenvalue weighted by atomic mass is 19.2. The fourth-order valence-corrected chi connectivity index (χ4v) is 1.17. The number of nitrogens with two attached hydrogens (primary N) is 1. The van der Waals surface area contributed by atoms with Crippen LogP contribution in [0.4, 0.5) is 18.9 Å². The van der Waals surface area contributed by atoms with E-state index in [-0.39, 0.29) is 5.92 Å². The third-order valence-corrected chi connectivity index (χ3v) is 2.27. The van der Waals surface area contributed by atoms with Gasteiger partial charge < -0.3 is 11.1 Å². The maximum atomic E-state index is 13.2. The molecule has 1 aromatic carbocycles. The molecular formula is C11H13F3N2O. The van der Waals surface area contributed by atoms with E-state index in [0.717, 1.165) is 0 Å². The molecule has 3 nitrogen and oxygen atoms in total. The molecule has 0 radical (unpaired) electrons. The fraction of sp³-hybridized carbons (Fsp3) is 0.364. The van der Waals surface area contributed by atoms with Crippen molar-refractivity contribution in [2.75, 3.05) is 5.32 Å². The Kier molecular flexibility index (Phi) is 4.11. The lowest BCUT2D eigenvalue weighted by Gasteiger charge is -2.15. The van der Waals surface area contributed by atoms with Crippen LogP contribution < -0.4 is 11.1 Å². The molecule has 0 bridgehead atoms. The number of nitrogens with one attached hydrogen (secondary N) is 1. The highest BCUT2D eigenvalue weighted by molar-refractivity contribution is 5.94. The van der Waals surface area contributed by atoms with Crippen molar-refractivity contribution in [2.45, 2.75) is 19.9 Å². The van der Waals surface area contributed by atoms with Crippen molar-refractivity contribution in [1.29, 1.82) is 0 Å². The van der Waals surface area contributed by atoms with E-state index in [1.807, 2.05) is 0 Å². The standard InChI is InChI=1S/C11H13F3N2O/c1-5(2)10(15)11(17)16-8-4-6(12)3-7(13)9(8)14/h3-5,10H,15H2,1-2H3,(H,16,17). The van der Waals surface area contributed by atoms with Gasteiger partial charge in [0.15, 0.2) is 11.6 Å². The zero-order valence-corrected chi connectivity index (χ0v) is 9.43. The van der Waals surface area contributed by atoms with Crippen LogP contribution in [0.15, 0.2) is 12.1 Å². The number of hydrogen-bond donors (Lipinski definition) is 2. The smallest absolute Gasteiger partial charge is 0.241 e. The Bertz CT molecular complexity index is 435. The number of anilines is 1. The van der Waals surface area contributed by atoms with Gasteiger partial charge in [0.1, 0.15) is 5.82 Å². The second-order valence-electron chi connectivity index (χ2n) is 4.01. The summed E-state index contributed by atoms with van der Waals surface area (Å²) in [7, 11) is 0. The Morgan fingerprint density at radius 1 is 1.29 bits per heavy atom. The Morgan fingerprint density at radius 3 is 2.41 bits per heavy atom. The van der Waals surface area contributed by atoms with Crippen molar-refractivity contribution in [2.24, 2.45) is 11.7 Å². The van der Waals surface area contributed by atoms with Crippen LogP contribution in [0, 0.1) is 23.4 Å². The monoisotopic (exact) mass is 246 g/mol. The first-order valence-corrected chi connectivity index (χ1v) is 5.04. The molecule has 1 aromatic rings. The molecule has 0 saturated heterocycles. The van der Waals surface area contributed by atoms with Gasteiger partial charge in [-0.1, -0.05) is 13.8 Å². The normalized spacial score (nSPS) is 12.6. The van der Waals surface area contributed by atoms with Gasteiger partial charge in [-0.15, -0.1) is 0 Å². The topological polar surface area (TPSA) is 55.1 Å². The molecule has 0 heterocycles. The van der Waals surface area contributed by atoms with Crippen molar-refractivity contribution in [3.05, 3.63) is 29.6 Å². The lowest BCUT2D eigenvalue weighted by molar-refractivity contribution is -0.118. The van der Waals surface area contributed by atoms with Crippen LogP contribution in [0.1, 0.15) is 13.8 Å². The molecule has 6 heteroatoms. The van der Waals surface area contributed by atoms with Crippen molar-refractivity contribution >= 4 is 11.6 Å². The van der Waals surface area contributed by atoms with E-state index >= 15 is 0 Å². The molecule has 0 spiro atoms. The van der Waals surface area contributed by atoms with Gasteiger partial charge in [-0.3, -0.25) is 4.79 Å². The van der Waals surface area contributed by atoms with Gasteiger partial charge in [0.2, 0.25) is 5.91 Å². The first-order chi connectivity index (χ1) is 7.82. The fourth-order valence-electron chi connectivity index (χ4n) is 1.17. The lowest BCUT2D eigenvalue weighted by atomic mass is 10.0. The average Bonchev–Trinajstić information content (AvgIpc) is 2.23. The summed E-state index contributed by atoms with van der Waals surface area (Å²) in [6.45, 7) is 3.40. The number of amides is 1. The number of benzene rings is 1. The van der Waals surface area contributed by atoms with Crippen molar-refractivity contribution in [1.82, 2.24) is 0 Å². The van der Waals surface area contributed by atoms with Gasteiger partial charge in [0, 0.05) is 12.1 Å². The van der Waals surface area contributed by atoms with E-state index in [9.17, 15) is 18.0 Å². The maximum Gasteiger partial charge on any atom is 0.241 e. The third-order valence-electron chi connectivity index (χ3n) is 2.27. The van der Waals surface area contributed by atoms with Crippen LogP contribution in [0.5, 0.6) is 0 Å². The second kappa shape index (κ2) is 5.18. The Hall–Kier alpha value is -1.56. The molecule has 0 saturated carbocycles. The lowest BCUT2D eigenvalue weighted by Crippen LogP contribution is -2.40. The highest BCUT2D eigenvalue weighted by Crippen LogP contribution is 2.19. The second-order valence-corrected chi connectivity index (χ2v) is 4.01. The number of halogens is 3. The quantitative estimate of drug-likeness (QED) is 0.802. The Balaban J connectivity index is 2.92. The molecule has 0 aliphatic carbocycles. The van der Waals surface area contributed by atoms with E-state index in [0.29, 0.717) is 12.1 Å². The molecule has 0 aliphatic rings. The molecule has 1 unspecified atom stereocenters. The van der Waals surface area contributed by atoms with Crippen LogP contribution >= 0.6 is 0 Å². The van der Waals surface area contributed by atoms with Crippen LogP contribution in [-0.2, 0) is 4.79 Å². The molecular weight excluding hydrogens is 233 g/mol. The number of carbonyl (C=O) groups is 1. The SMILES string of the molecule is CC(C)C(N)C(=O)Nc1cc(F)cc(F)c1F. The van der Waals surface area contributed by atoms with E-state index in [4.69, 9.17) is 5.73 Å². The first-order valence-electron chi connectivity index (χ1n) is 5.04.